The Morgan fingerprint density at radius 3 is 2.29 bits per heavy atom. The van der Waals surface area contributed by atoms with Crippen LogP contribution in [-0.4, -0.2) is 16.4 Å². The van der Waals surface area contributed by atoms with Gasteiger partial charge in [0.25, 0.3) is 5.69 Å². The summed E-state index contributed by atoms with van der Waals surface area (Å²) in [5, 5.41) is 20.4. The van der Waals surface area contributed by atoms with Crippen molar-refractivity contribution in [1.82, 2.24) is 0 Å². The van der Waals surface area contributed by atoms with Gasteiger partial charge in [0, 0.05) is 11.6 Å². The highest BCUT2D eigenvalue weighted by Crippen LogP contribution is 2.34. The molecule has 0 heterocycles. The standard InChI is InChI=1S/C14H10F4N2O4/c15-11-6-8(20(22)23)5-10(13(11)21)12(19)7-1-3-9(4-2-7)24-14(16,17)18/h1-6,12,21H,19H2/t12-/m0/s1. The summed E-state index contributed by atoms with van der Waals surface area (Å²) >= 11 is 0. The van der Waals surface area contributed by atoms with Crippen molar-refractivity contribution in [1.29, 1.82) is 0 Å². The number of alkyl halides is 3. The van der Waals surface area contributed by atoms with Crippen LogP contribution in [0.15, 0.2) is 36.4 Å². The number of benzene rings is 2. The minimum absolute atomic E-state index is 0.194. The van der Waals surface area contributed by atoms with Crippen molar-refractivity contribution in [2.45, 2.75) is 12.4 Å². The molecule has 1 atom stereocenters. The van der Waals surface area contributed by atoms with Gasteiger partial charge in [-0.3, -0.25) is 10.1 Å². The largest absolute Gasteiger partial charge is 0.573 e. The fourth-order valence-electron chi connectivity index (χ4n) is 2.00. The molecule has 128 valence electrons. The Balaban J connectivity index is 2.35. The van der Waals surface area contributed by atoms with E-state index in [0.717, 1.165) is 18.2 Å². The topological polar surface area (TPSA) is 98.6 Å². The molecule has 0 aliphatic heterocycles. The Kier molecular flexibility index (Phi) is 4.60. The molecule has 0 unspecified atom stereocenters. The van der Waals surface area contributed by atoms with E-state index in [2.05, 4.69) is 4.74 Å². The number of aromatic hydroxyl groups is 1. The van der Waals surface area contributed by atoms with Crippen molar-refractivity contribution in [2.75, 3.05) is 0 Å². The number of nitrogens with zero attached hydrogens (tertiary/aromatic N) is 1. The van der Waals surface area contributed by atoms with Crippen molar-refractivity contribution in [2.24, 2.45) is 5.73 Å². The number of hydrogen-bond donors (Lipinski definition) is 2. The summed E-state index contributed by atoms with van der Waals surface area (Å²) in [5.74, 6) is -2.59. The predicted octanol–water partition coefficient (Wildman–Crippen LogP) is 3.39. The van der Waals surface area contributed by atoms with Crippen LogP contribution in [0.4, 0.5) is 23.2 Å². The van der Waals surface area contributed by atoms with E-state index in [1.54, 1.807) is 0 Å². The number of nitro benzene ring substituents is 1. The molecule has 2 rings (SSSR count). The molecule has 2 aromatic carbocycles. The van der Waals surface area contributed by atoms with Gasteiger partial charge in [-0.2, -0.15) is 0 Å². The second-order valence-corrected chi connectivity index (χ2v) is 4.72. The molecule has 0 radical (unpaired) electrons. The molecule has 0 fully saturated rings. The molecule has 10 heteroatoms. The molecule has 3 N–H and O–H groups in total. The normalized spacial score (nSPS) is 12.7. The number of halogens is 4. The SMILES string of the molecule is N[C@@H](c1ccc(OC(F)(F)F)cc1)c1cc([N+](=O)[O-])cc(F)c1O. The lowest BCUT2D eigenvalue weighted by Crippen LogP contribution is -2.17. The number of rotatable bonds is 4. The van der Waals surface area contributed by atoms with Gasteiger partial charge in [0.2, 0.25) is 0 Å². The quantitative estimate of drug-likeness (QED) is 0.502. The van der Waals surface area contributed by atoms with Crippen molar-refractivity contribution in [3.63, 3.8) is 0 Å². The molecule has 0 spiro atoms. The maximum Gasteiger partial charge on any atom is 0.573 e. The van der Waals surface area contributed by atoms with Crippen LogP contribution in [0.3, 0.4) is 0 Å². The average molecular weight is 346 g/mol. The number of hydrogen-bond acceptors (Lipinski definition) is 5. The summed E-state index contributed by atoms with van der Waals surface area (Å²) in [7, 11) is 0. The van der Waals surface area contributed by atoms with Crippen molar-refractivity contribution in [3.8, 4) is 11.5 Å². The third-order valence-corrected chi connectivity index (χ3v) is 3.10. The lowest BCUT2D eigenvalue weighted by atomic mass is 9.98. The molecule has 0 saturated carbocycles. The molecule has 24 heavy (non-hydrogen) atoms. The second kappa shape index (κ2) is 6.32. The van der Waals surface area contributed by atoms with Crippen LogP contribution in [0.2, 0.25) is 0 Å². The fourth-order valence-corrected chi connectivity index (χ4v) is 2.00. The highest BCUT2D eigenvalue weighted by Gasteiger charge is 2.31. The van der Waals surface area contributed by atoms with Gasteiger partial charge in [-0.15, -0.1) is 13.2 Å². The monoisotopic (exact) mass is 346 g/mol. The van der Waals surface area contributed by atoms with Crippen molar-refractivity contribution in [3.05, 3.63) is 63.5 Å². The Hall–Kier alpha value is -2.88. The molecule has 0 saturated heterocycles. The van der Waals surface area contributed by atoms with Gasteiger partial charge in [-0.25, -0.2) is 4.39 Å². The van der Waals surface area contributed by atoms with Crippen LogP contribution >= 0.6 is 0 Å². The summed E-state index contributed by atoms with van der Waals surface area (Å²) in [4.78, 5) is 9.88. The molecule has 0 aliphatic rings. The Bertz CT molecular complexity index is 763. The summed E-state index contributed by atoms with van der Waals surface area (Å²) < 4.78 is 53.6. The van der Waals surface area contributed by atoms with E-state index in [1.807, 2.05) is 0 Å². The minimum atomic E-state index is -4.86. The van der Waals surface area contributed by atoms with E-state index in [1.165, 1.54) is 12.1 Å². The lowest BCUT2D eigenvalue weighted by Gasteiger charge is -2.15. The highest BCUT2D eigenvalue weighted by atomic mass is 19.4. The molecule has 0 aliphatic carbocycles. The number of phenolic OH excluding ortho intramolecular Hbond substituents is 1. The molecular formula is C14H10F4N2O4. The number of non-ortho nitro benzene ring substituents is 1. The zero-order valence-electron chi connectivity index (χ0n) is 11.7. The van der Waals surface area contributed by atoms with Crippen LogP contribution in [0.5, 0.6) is 11.5 Å². The first-order valence-corrected chi connectivity index (χ1v) is 6.36. The number of ether oxygens (including phenoxy) is 1. The summed E-state index contributed by atoms with van der Waals surface area (Å²) in [5.41, 5.74) is 5.12. The number of nitro groups is 1. The third kappa shape index (κ3) is 3.90. The van der Waals surface area contributed by atoms with Crippen molar-refractivity contribution >= 4 is 5.69 Å². The zero-order valence-corrected chi connectivity index (χ0v) is 11.7. The lowest BCUT2D eigenvalue weighted by molar-refractivity contribution is -0.385. The molecule has 6 nitrogen and oxygen atoms in total. The second-order valence-electron chi connectivity index (χ2n) is 4.72. The van der Waals surface area contributed by atoms with Gasteiger partial charge in [0.15, 0.2) is 11.6 Å². The minimum Gasteiger partial charge on any atom is -0.505 e. The van der Waals surface area contributed by atoms with Gasteiger partial charge in [0.1, 0.15) is 5.75 Å². The number of phenols is 1. The maximum absolute atomic E-state index is 13.6. The molecule has 0 aromatic heterocycles. The Labute approximate surface area is 132 Å². The molecule has 0 bridgehead atoms. The van der Waals surface area contributed by atoms with Crippen LogP contribution in [0.25, 0.3) is 0 Å². The average Bonchev–Trinajstić information content (AvgIpc) is 2.48. The fraction of sp³-hybridized carbons (Fsp3) is 0.143. The van der Waals surface area contributed by atoms with E-state index >= 15 is 0 Å². The maximum atomic E-state index is 13.6. The highest BCUT2D eigenvalue weighted by molar-refractivity contribution is 5.49. The summed E-state index contributed by atoms with van der Waals surface area (Å²) in [6, 6.07) is 4.53. The smallest absolute Gasteiger partial charge is 0.505 e. The van der Waals surface area contributed by atoms with Gasteiger partial charge in [-0.05, 0) is 17.7 Å². The van der Waals surface area contributed by atoms with Crippen LogP contribution in [0.1, 0.15) is 17.2 Å². The van der Waals surface area contributed by atoms with E-state index < -0.39 is 40.3 Å². The van der Waals surface area contributed by atoms with Crippen LogP contribution < -0.4 is 10.5 Å². The molecule has 0 amide bonds. The first-order valence-electron chi connectivity index (χ1n) is 6.36. The zero-order chi connectivity index (χ0) is 18.1. The van der Waals surface area contributed by atoms with Gasteiger partial charge >= 0.3 is 6.36 Å². The van der Waals surface area contributed by atoms with Gasteiger partial charge in [-0.1, -0.05) is 12.1 Å². The molecular weight excluding hydrogens is 336 g/mol. The molecule has 2 aromatic rings. The number of nitrogens with two attached hydrogens (primary N) is 1. The van der Waals surface area contributed by atoms with Crippen LogP contribution in [0, 0.1) is 15.9 Å². The van der Waals surface area contributed by atoms with Crippen molar-refractivity contribution < 1.29 is 32.3 Å². The van der Waals surface area contributed by atoms with Gasteiger partial charge in [0.05, 0.1) is 17.0 Å². The van der Waals surface area contributed by atoms with Crippen LogP contribution in [-0.2, 0) is 0 Å². The summed E-state index contributed by atoms with van der Waals surface area (Å²) in [6.45, 7) is 0. The van der Waals surface area contributed by atoms with E-state index in [4.69, 9.17) is 5.73 Å². The van der Waals surface area contributed by atoms with E-state index in [9.17, 15) is 32.8 Å². The van der Waals surface area contributed by atoms with E-state index in [0.29, 0.717) is 6.07 Å². The predicted molar refractivity (Wildman–Crippen MR) is 73.9 cm³/mol. The first-order chi connectivity index (χ1) is 11.1. The van der Waals surface area contributed by atoms with E-state index in [-0.39, 0.29) is 11.1 Å². The summed E-state index contributed by atoms with van der Waals surface area (Å²) in [6.07, 6.45) is -4.86. The Morgan fingerprint density at radius 1 is 1.21 bits per heavy atom. The first kappa shape index (κ1) is 17.5. The third-order valence-electron chi connectivity index (χ3n) is 3.10. The van der Waals surface area contributed by atoms with Gasteiger partial charge < -0.3 is 15.6 Å². The Morgan fingerprint density at radius 2 is 1.79 bits per heavy atom.